The SMILES string of the molecule is CC1CC2C(=Nc3ccccc32)C(c2c(F)cc(Br)cc2F)N1CC(C)(C)F. The van der Waals surface area contributed by atoms with Gasteiger partial charge in [-0.2, -0.15) is 0 Å². The molecule has 28 heavy (non-hydrogen) atoms. The lowest BCUT2D eigenvalue weighted by Crippen LogP contribution is -2.51. The molecule has 6 heteroatoms. The normalized spacial score (nSPS) is 24.7. The van der Waals surface area contributed by atoms with E-state index in [-0.39, 0.29) is 24.1 Å². The smallest absolute Gasteiger partial charge is 0.132 e. The summed E-state index contributed by atoms with van der Waals surface area (Å²) < 4.78 is 44.9. The molecule has 4 rings (SSSR count). The van der Waals surface area contributed by atoms with Crippen molar-refractivity contribution >= 4 is 27.3 Å². The van der Waals surface area contributed by atoms with Crippen LogP contribution < -0.4 is 0 Å². The number of piperidine rings is 1. The van der Waals surface area contributed by atoms with Crippen molar-refractivity contribution in [3.05, 3.63) is 63.6 Å². The molecule has 1 fully saturated rings. The summed E-state index contributed by atoms with van der Waals surface area (Å²) in [6.45, 7) is 5.03. The zero-order chi connectivity index (χ0) is 20.2. The Labute approximate surface area is 171 Å². The number of rotatable bonds is 3. The third-order valence-electron chi connectivity index (χ3n) is 5.55. The number of benzene rings is 2. The van der Waals surface area contributed by atoms with Crippen LogP contribution in [0.1, 0.15) is 50.3 Å². The molecule has 3 atom stereocenters. The van der Waals surface area contributed by atoms with Crippen molar-refractivity contribution in [2.24, 2.45) is 4.99 Å². The van der Waals surface area contributed by atoms with Crippen molar-refractivity contribution < 1.29 is 13.2 Å². The van der Waals surface area contributed by atoms with E-state index in [1.165, 1.54) is 26.0 Å². The number of hydrogen-bond donors (Lipinski definition) is 0. The van der Waals surface area contributed by atoms with Gasteiger partial charge >= 0.3 is 0 Å². The van der Waals surface area contributed by atoms with Crippen molar-refractivity contribution in [2.75, 3.05) is 6.54 Å². The molecule has 0 saturated carbocycles. The van der Waals surface area contributed by atoms with Crippen LogP contribution >= 0.6 is 15.9 Å². The standard InChI is InChI=1S/C22H22BrF3N2/c1-12-8-15-14-6-4-5-7-18(14)27-20(15)21(28(12)11-22(2,3)26)19-16(24)9-13(23)10-17(19)25/h4-7,9-10,12,15,21H,8,11H2,1-3H3. The zero-order valence-electron chi connectivity index (χ0n) is 16.0. The first-order chi connectivity index (χ1) is 13.2. The highest BCUT2D eigenvalue weighted by atomic mass is 79.9. The largest absolute Gasteiger partial charge is 0.285 e. The van der Waals surface area contributed by atoms with Crippen molar-refractivity contribution in [1.29, 1.82) is 0 Å². The van der Waals surface area contributed by atoms with Gasteiger partial charge in [-0.05, 0) is 51.0 Å². The molecule has 0 aromatic heterocycles. The highest BCUT2D eigenvalue weighted by molar-refractivity contribution is 9.10. The lowest BCUT2D eigenvalue weighted by molar-refractivity contribution is 0.0671. The van der Waals surface area contributed by atoms with E-state index >= 15 is 0 Å². The van der Waals surface area contributed by atoms with Crippen LogP contribution in [0.2, 0.25) is 0 Å². The zero-order valence-corrected chi connectivity index (χ0v) is 17.6. The van der Waals surface area contributed by atoms with Crippen LogP contribution in [-0.4, -0.2) is 28.9 Å². The molecule has 148 valence electrons. The van der Waals surface area contributed by atoms with Crippen molar-refractivity contribution in [3.63, 3.8) is 0 Å². The molecule has 3 unspecified atom stereocenters. The molecule has 0 N–H and O–H groups in total. The molecule has 2 aromatic rings. The van der Waals surface area contributed by atoms with Gasteiger partial charge in [0, 0.05) is 34.3 Å². The molecular formula is C22H22BrF3N2. The number of alkyl halides is 1. The Balaban J connectivity index is 1.89. The average molecular weight is 451 g/mol. The topological polar surface area (TPSA) is 15.6 Å². The van der Waals surface area contributed by atoms with Gasteiger partial charge in [-0.25, -0.2) is 13.2 Å². The van der Waals surface area contributed by atoms with Crippen LogP contribution in [0.5, 0.6) is 0 Å². The molecular weight excluding hydrogens is 429 g/mol. The molecule has 0 spiro atoms. The van der Waals surface area contributed by atoms with Gasteiger partial charge in [0.2, 0.25) is 0 Å². The predicted molar refractivity (Wildman–Crippen MR) is 109 cm³/mol. The number of nitrogens with zero attached hydrogens (tertiary/aromatic N) is 2. The molecule has 2 aromatic carbocycles. The Hall–Kier alpha value is -1.66. The maximum Gasteiger partial charge on any atom is 0.132 e. The van der Waals surface area contributed by atoms with E-state index in [0.717, 1.165) is 17.7 Å². The summed E-state index contributed by atoms with van der Waals surface area (Å²) in [5.41, 5.74) is 1.04. The van der Waals surface area contributed by atoms with Crippen molar-refractivity contribution in [2.45, 2.75) is 50.9 Å². The van der Waals surface area contributed by atoms with Crippen LogP contribution in [0.4, 0.5) is 18.9 Å². The van der Waals surface area contributed by atoms with Gasteiger partial charge in [0.15, 0.2) is 0 Å². The Morgan fingerprint density at radius 3 is 2.46 bits per heavy atom. The monoisotopic (exact) mass is 450 g/mol. The first-order valence-corrected chi connectivity index (χ1v) is 10.2. The summed E-state index contributed by atoms with van der Waals surface area (Å²) in [7, 11) is 0. The fraction of sp³-hybridized carbons (Fsp3) is 0.409. The minimum atomic E-state index is -1.51. The van der Waals surface area contributed by atoms with Gasteiger partial charge in [-0.15, -0.1) is 0 Å². The third kappa shape index (κ3) is 3.41. The molecule has 2 heterocycles. The molecule has 0 bridgehead atoms. The average Bonchev–Trinajstić information content (AvgIpc) is 2.94. The molecule has 1 saturated heterocycles. The minimum absolute atomic E-state index is 0.0161. The summed E-state index contributed by atoms with van der Waals surface area (Å²) >= 11 is 3.14. The number of fused-ring (bicyclic) bond motifs is 3. The lowest BCUT2D eigenvalue weighted by Gasteiger charge is -2.45. The molecule has 2 nitrogen and oxygen atoms in total. The van der Waals surface area contributed by atoms with Gasteiger partial charge in [-0.1, -0.05) is 34.1 Å². The first-order valence-electron chi connectivity index (χ1n) is 9.42. The number of para-hydroxylation sites is 1. The van der Waals surface area contributed by atoms with Crippen LogP contribution in [0.15, 0.2) is 45.9 Å². The van der Waals surface area contributed by atoms with E-state index in [1.54, 1.807) is 0 Å². The Kier molecular flexibility index (Phi) is 4.91. The second kappa shape index (κ2) is 6.99. The van der Waals surface area contributed by atoms with E-state index < -0.39 is 23.3 Å². The highest BCUT2D eigenvalue weighted by Gasteiger charge is 2.46. The number of aliphatic imine (C=N–C) groups is 1. The van der Waals surface area contributed by atoms with Gasteiger partial charge in [0.25, 0.3) is 0 Å². The quantitative estimate of drug-likeness (QED) is 0.522. The molecule has 0 aliphatic carbocycles. The molecule has 2 aliphatic rings. The Morgan fingerprint density at radius 1 is 1.18 bits per heavy atom. The van der Waals surface area contributed by atoms with Crippen LogP contribution in [0, 0.1) is 11.6 Å². The summed E-state index contributed by atoms with van der Waals surface area (Å²) in [5.74, 6) is -1.31. The van der Waals surface area contributed by atoms with Gasteiger partial charge in [0.05, 0.1) is 11.7 Å². The van der Waals surface area contributed by atoms with Gasteiger partial charge < -0.3 is 0 Å². The predicted octanol–water partition coefficient (Wildman–Crippen LogP) is 6.48. The van der Waals surface area contributed by atoms with Gasteiger partial charge in [0.1, 0.15) is 17.3 Å². The molecule has 2 aliphatic heterocycles. The Bertz CT molecular complexity index is 928. The van der Waals surface area contributed by atoms with E-state index in [0.29, 0.717) is 10.2 Å². The first kappa shape index (κ1) is 19.6. The molecule has 0 amide bonds. The van der Waals surface area contributed by atoms with Crippen molar-refractivity contribution in [3.8, 4) is 0 Å². The van der Waals surface area contributed by atoms with Gasteiger partial charge in [-0.3, -0.25) is 9.89 Å². The Morgan fingerprint density at radius 2 is 1.82 bits per heavy atom. The fourth-order valence-corrected chi connectivity index (χ4v) is 4.87. The molecule has 0 radical (unpaired) electrons. The third-order valence-corrected chi connectivity index (χ3v) is 6.01. The van der Waals surface area contributed by atoms with Crippen LogP contribution in [-0.2, 0) is 0 Å². The number of halogens is 4. The summed E-state index contributed by atoms with van der Waals surface area (Å²) in [5, 5.41) is 0. The summed E-state index contributed by atoms with van der Waals surface area (Å²) in [6, 6.07) is 9.50. The van der Waals surface area contributed by atoms with E-state index in [4.69, 9.17) is 4.99 Å². The van der Waals surface area contributed by atoms with Crippen LogP contribution in [0.25, 0.3) is 0 Å². The lowest BCUT2D eigenvalue weighted by atomic mass is 9.78. The number of hydrogen-bond acceptors (Lipinski definition) is 2. The maximum absolute atomic E-state index is 15.0. The van der Waals surface area contributed by atoms with E-state index in [2.05, 4.69) is 15.9 Å². The highest BCUT2D eigenvalue weighted by Crippen LogP contribution is 2.49. The van der Waals surface area contributed by atoms with Crippen LogP contribution in [0.3, 0.4) is 0 Å². The fourth-order valence-electron chi connectivity index (χ4n) is 4.47. The maximum atomic E-state index is 15.0. The summed E-state index contributed by atoms with van der Waals surface area (Å²) in [4.78, 5) is 6.62. The number of likely N-dealkylation sites (tertiary alicyclic amines) is 1. The van der Waals surface area contributed by atoms with E-state index in [9.17, 15) is 13.2 Å². The summed E-state index contributed by atoms with van der Waals surface area (Å²) in [6.07, 6.45) is 0.738. The van der Waals surface area contributed by atoms with Crippen molar-refractivity contribution in [1.82, 2.24) is 4.90 Å². The second-order valence-electron chi connectivity index (χ2n) is 8.31. The minimum Gasteiger partial charge on any atom is -0.285 e. The van der Waals surface area contributed by atoms with E-state index in [1.807, 2.05) is 36.1 Å². The second-order valence-corrected chi connectivity index (χ2v) is 9.23.